The van der Waals surface area contributed by atoms with Gasteiger partial charge < -0.3 is 10.2 Å². The molecule has 9 heteroatoms. The van der Waals surface area contributed by atoms with Crippen LogP contribution in [0.1, 0.15) is 17.5 Å². The number of amides is 4. The summed E-state index contributed by atoms with van der Waals surface area (Å²) in [6.45, 7) is 1.05. The van der Waals surface area contributed by atoms with Crippen LogP contribution >= 0.6 is 11.8 Å². The Kier molecular flexibility index (Phi) is 6.65. The highest BCUT2D eigenvalue weighted by Gasteiger charge is 2.36. The van der Waals surface area contributed by atoms with Gasteiger partial charge >= 0.3 is 0 Å². The van der Waals surface area contributed by atoms with Gasteiger partial charge in [-0.3, -0.25) is 29.1 Å². The molecule has 1 aromatic heterocycles. The molecule has 1 aromatic carbocycles. The zero-order valence-corrected chi connectivity index (χ0v) is 18.1. The van der Waals surface area contributed by atoms with E-state index in [2.05, 4.69) is 10.3 Å². The fraction of sp³-hybridized carbons (Fsp3) is 0.261. The van der Waals surface area contributed by atoms with Gasteiger partial charge in [0.05, 0.1) is 10.8 Å². The summed E-state index contributed by atoms with van der Waals surface area (Å²) in [5.74, 6) is -1.12. The zero-order chi connectivity index (χ0) is 22.5. The fourth-order valence-corrected chi connectivity index (χ4v) is 4.51. The normalized spacial score (nSPS) is 19.8. The van der Waals surface area contributed by atoms with Gasteiger partial charge in [-0.05, 0) is 35.0 Å². The topological polar surface area (TPSA) is 99.7 Å². The first-order valence-electron chi connectivity index (χ1n) is 10.3. The van der Waals surface area contributed by atoms with Gasteiger partial charge in [-0.1, -0.05) is 36.4 Å². The monoisotopic (exact) mass is 450 g/mol. The van der Waals surface area contributed by atoms with Crippen LogP contribution in [0.4, 0.5) is 4.79 Å². The molecular weight excluding hydrogens is 428 g/mol. The van der Waals surface area contributed by atoms with Gasteiger partial charge in [0, 0.05) is 45.0 Å². The minimum Gasteiger partial charge on any atom is -0.354 e. The third-order valence-corrected chi connectivity index (χ3v) is 6.20. The molecule has 1 N–H and O–H groups in total. The van der Waals surface area contributed by atoms with Gasteiger partial charge in [-0.2, -0.15) is 0 Å². The summed E-state index contributed by atoms with van der Waals surface area (Å²) in [7, 11) is 0. The molecule has 2 aliphatic heterocycles. The lowest BCUT2D eigenvalue weighted by Gasteiger charge is -2.17. The summed E-state index contributed by atoms with van der Waals surface area (Å²) in [6.07, 6.45) is 5.03. The second-order valence-electron chi connectivity index (χ2n) is 7.57. The van der Waals surface area contributed by atoms with E-state index in [9.17, 15) is 19.2 Å². The number of hydrogen-bond acceptors (Lipinski definition) is 6. The molecule has 2 aliphatic rings. The van der Waals surface area contributed by atoms with Gasteiger partial charge in [-0.15, -0.1) is 0 Å². The number of nitrogens with one attached hydrogen (secondary N) is 1. The van der Waals surface area contributed by atoms with Crippen LogP contribution in [0.5, 0.6) is 0 Å². The second-order valence-corrected chi connectivity index (χ2v) is 8.56. The summed E-state index contributed by atoms with van der Waals surface area (Å²) >= 11 is 0.869. The van der Waals surface area contributed by atoms with Gasteiger partial charge in [-0.25, -0.2) is 0 Å². The SMILES string of the molecule is O=C(NCCN1C(=O)S/C(=C/c2cccnc2)C1=O)C1CC(=O)N(Cc2ccccc2)C1. The largest absolute Gasteiger partial charge is 0.354 e. The van der Waals surface area contributed by atoms with Crippen molar-refractivity contribution in [2.45, 2.75) is 13.0 Å². The molecule has 0 spiro atoms. The predicted octanol–water partition coefficient (Wildman–Crippen LogP) is 2.28. The molecule has 32 heavy (non-hydrogen) atoms. The number of imide groups is 1. The number of likely N-dealkylation sites (tertiary alicyclic amines) is 1. The summed E-state index contributed by atoms with van der Waals surface area (Å²) in [5.41, 5.74) is 1.75. The Morgan fingerprint density at radius 1 is 1.16 bits per heavy atom. The number of thioether (sulfide) groups is 1. The molecule has 2 saturated heterocycles. The number of rotatable bonds is 7. The lowest BCUT2D eigenvalue weighted by atomic mass is 10.1. The van der Waals surface area contributed by atoms with Crippen molar-refractivity contribution in [3.05, 3.63) is 70.9 Å². The first kappa shape index (κ1) is 21.8. The van der Waals surface area contributed by atoms with Gasteiger partial charge in [0.2, 0.25) is 11.8 Å². The second kappa shape index (κ2) is 9.78. The van der Waals surface area contributed by atoms with Crippen LogP contribution in [0.3, 0.4) is 0 Å². The molecule has 8 nitrogen and oxygen atoms in total. The van der Waals surface area contributed by atoms with Crippen molar-refractivity contribution < 1.29 is 19.2 Å². The minimum atomic E-state index is -0.438. The molecule has 1 atom stereocenters. The number of hydrogen-bond donors (Lipinski definition) is 1. The van der Waals surface area contributed by atoms with Crippen molar-refractivity contribution in [2.75, 3.05) is 19.6 Å². The van der Waals surface area contributed by atoms with Crippen molar-refractivity contribution in [3.8, 4) is 0 Å². The van der Waals surface area contributed by atoms with E-state index in [1.165, 1.54) is 0 Å². The van der Waals surface area contributed by atoms with Crippen LogP contribution in [0.15, 0.2) is 59.8 Å². The average molecular weight is 451 g/mol. The molecular formula is C23H22N4O4S. The van der Waals surface area contributed by atoms with E-state index in [0.717, 1.165) is 27.8 Å². The number of carbonyl (C=O) groups excluding carboxylic acids is 4. The summed E-state index contributed by atoms with van der Waals surface area (Å²) < 4.78 is 0. The zero-order valence-electron chi connectivity index (χ0n) is 17.3. The Hall–Kier alpha value is -3.46. The van der Waals surface area contributed by atoms with Crippen molar-refractivity contribution in [2.24, 2.45) is 5.92 Å². The molecule has 164 valence electrons. The molecule has 0 radical (unpaired) electrons. The standard InChI is InChI=1S/C23H22N4O4S/c28-20-12-18(15-26(20)14-16-5-2-1-3-6-16)21(29)25-9-10-27-22(30)19(32-23(27)31)11-17-7-4-8-24-13-17/h1-8,11,13,18H,9-10,12,14-15H2,(H,25,29)/b19-11+. The molecule has 4 amide bonds. The van der Waals surface area contributed by atoms with E-state index in [1.54, 1.807) is 35.5 Å². The number of aromatic nitrogens is 1. The van der Waals surface area contributed by atoms with Crippen LogP contribution in [0.25, 0.3) is 6.08 Å². The smallest absolute Gasteiger partial charge is 0.293 e. The molecule has 0 aliphatic carbocycles. The first-order chi connectivity index (χ1) is 15.5. The van der Waals surface area contributed by atoms with Crippen LogP contribution in [0, 0.1) is 5.92 Å². The molecule has 0 saturated carbocycles. The summed E-state index contributed by atoms with van der Waals surface area (Å²) in [6, 6.07) is 13.2. The molecule has 2 fully saturated rings. The summed E-state index contributed by atoms with van der Waals surface area (Å²) in [4.78, 5) is 56.7. The van der Waals surface area contributed by atoms with Crippen molar-refractivity contribution in [1.29, 1.82) is 0 Å². The Labute approximate surface area is 189 Å². The quantitative estimate of drug-likeness (QED) is 0.650. The van der Waals surface area contributed by atoms with Crippen molar-refractivity contribution in [3.63, 3.8) is 0 Å². The van der Waals surface area contributed by atoms with E-state index >= 15 is 0 Å². The molecule has 0 bridgehead atoms. The van der Waals surface area contributed by atoms with Crippen molar-refractivity contribution >= 4 is 40.8 Å². The Balaban J connectivity index is 1.27. The maximum absolute atomic E-state index is 12.5. The molecule has 3 heterocycles. The maximum atomic E-state index is 12.5. The van der Waals surface area contributed by atoms with Crippen molar-refractivity contribution in [1.82, 2.24) is 20.1 Å². The van der Waals surface area contributed by atoms with Gasteiger partial charge in [0.15, 0.2) is 0 Å². The molecule has 4 rings (SSSR count). The fourth-order valence-electron chi connectivity index (χ4n) is 3.65. The molecule has 2 aromatic rings. The van der Waals surface area contributed by atoms with Gasteiger partial charge in [0.1, 0.15) is 0 Å². The maximum Gasteiger partial charge on any atom is 0.293 e. The number of pyridine rings is 1. The lowest BCUT2D eigenvalue weighted by Crippen LogP contribution is -2.40. The highest BCUT2D eigenvalue weighted by molar-refractivity contribution is 8.18. The lowest BCUT2D eigenvalue weighted by molar-refractivity contribution is -0.129. The minimum absolute atomic E-state index is 0.0551. The highest BCUT2D eigenvalue weighted by atomic mass is 32.2. The van der Waals surface area contributed by atoms with Crippen LogP contribution < -0.4 is 5.32 Å². The van der Waals surface area contributed by atoms with E-state index in [0.29, 0.717) is 18.0 Å². The third kappa shape index (κ3) is 5.05. The van der Waals surface area contributed by atoms with E-state index < -0.39 is 5.92 Å². The number of benzene rings is 1. The Morgan fingerprint density at radius 3 is 2.72 bits per heavy atom. The highest BCUT2D eigenvalue weighted by Crippen LogP contribution is 2.31. The van der Waals surface area contributed by atoms with Gasteiger partial charge in [0.25, 0.3) is 11.1 Å². The summed E-state index contributed by atoms with van der Waals surface area (Å²) in [5, 5.41) is 2.39. The molecule has 1 unspecified atom stereocenters. The first-order valence-corrected chi connectivity index (χ1v) is 11.1. The Morgan fingerprint density at radius 2 is 1.97 bits per heavy atom. The number of nitrogens with zero attached hydrogens (tertiary/aromatic N) is 3. The van der Waals surface area contributed by atoms with E-state index in [-0.39, 0.29) is 42.5 Å². The van der Waals surface area contributed by atoms with E-state index in [4.69, 9.17) is 0 Å². The number of carbonyl (C=O) groups is 4. The van der Waals surface area contributed by atoms with E-state index in [1.807, 2.05) is 30.3 Å². The average Bonchev–Trinajstić information content (AvgIpc) is 3.29. The van der Waals surface area contributed by atoms with Crippen LogP contribution in [0.2, 0.25) is 0 Å². The predicted molar refractivity (Wildman–Crippen MR) is 120 cm³/mol. The van der Waals surface area contributed by atoms with Crippen LogP contribution in [-0.4, -0.2) is 57.4 Å². The van der Waals surface area contributed by atoms with Crippen LogP contribution in [-0.2, 0) is 20.9 Å². The third-order valence-electron chi connectivity index (χ3n) is 5.29. The Bertz CT molecular complexity index is 1060.